The Labute approximate surface area is 139 Å². The van der Waals surface area contributed by atoms with Crippen LogP contribution in [0.2, 0.25) is 0 Å². The van der Waals surface area contributed by atoms with Crippen molar-refractivity contribution in [1.29, 1.82) is 0 Å². The lowest BCUT2D eigenvalue weighted by Crippen LogP contribution is -2.33. The van der Waals surface area contributed by atoms with E-state index < -0.39 is 17.7 Å². The zero-order valence-electron chi connectivity index (χ0n) is 13.8. The Morgan fingerprint density at radius 2 is 2.17 bits per heavy atom. The predicted molar refractivity (Wildman–Crippen MR) is 85.7 cm³/mol. The molecule has 1 N–H and O–H groups in total. The van der Waals surface area contributed by atoms with Crippen LogP contribution in [0.5, 0.6) is 0 Å². The average molecular weight is 338 g/mol. The summed E-state index contributed by atoms with van der Waals surface area (Å²) in [7, 11) is 3.18. The van der Waals surface area contributed by atoms with Crippen LogP contribution in [0.25, 0.3) is 0 Å². The van der Waals surface area contributed by atoms with Gasteiger partial charge in [0.15, 0.2) is 11.6 Å². The number of methoxy groups -OCH3 is 1. The van der Waals surface area contributed by atoms with Gasteiger partial charge in [0.25, 0.3) is 0 Å². The largest absolute Gasteiger partial charge is 0.383 e. The molecule has 0 aliphatic rings. The third kappa shape index (κ3) is 4.29. The van der Waals surface area contributed by atoms with Crippen LogP contribution in [0.15, 0.2) is 30.6 Å². The molecular formula is C16H20F2N4O2. The molecule has 0 aliphatic heterocycles. The normalized spacial score (nSPS) is 12.0. The lowest BCUT2D eigenvalue weighted by molar-refractivity contribution is 0.183. The maximum absolute atomic E-state index is 13.3. The summed E-state index contributed by atoms with van der Waals surface area (Å²) >= 11 is 0. The van der Waals surface area contributed by atoms with E-state index in [2.05, 4.69) is 10.4 Å². The molecule has 0 saturated carbocycles. The van der Waals surface area contributed by atoms with Gasteiger partial charge in [-0.05, 0) is 24.6 Å². The van der Waals surface area contributed by atoms with Gasteiger partial charge in [-0.15, -0.1) is 0 Å². The van der Waals surface area contributed by atoms with Crippen molar-refractivity contribution in [1.82, 2.24) is 14.7 Å². The van der Waals surface area contributed by atoms with Crippen LogP contribution in [0.3, 0.4) is 0 Å². The molecule has 24 heavy (non-hydrogen) atoms. The number of ether oxygens (including phenoxy) is 1. The van der Waals surface area contributed by atoms with Crippen molar-refractivity contribution in [2.45, 2.75) is 19.5 Å². The molecule has 1 heterocycles. The number of rotatable bonds is 6. The first-order valence-electron chi connectivity index (χ1n) is 7.42. The van der Waals surface area contributed by atoms with Gasteiger partial charge in [0.1, 0.15) is 0 Å². The Morgan fingerprint density at radius 3 is 2.83 bits per heavy atom. The van der Waals surface area contributed by atoms with Gasteiger partial charge in [-0.25, -0.2) is 13.6 Å². The molecule has 1 aromatic carbocycles. The fourth-order valence-corrected chi connectivity index (χ4v) is 2.12. The minimum atomic E-state index is -0.937. The quantitative estimate of drug-likeness (QED) is 0.881. The predicted octanol–water partition coefficient (Wildman–Crippen LogP) is 3.03. The van der Waals surface area contributed by atoms with Crippen molar-refractivity contribution in [2.75, 3.05) is 26.1 Å². The molecule has 0 saturated heterocycles. The smallest absolute Gasteiger partial charge is 0.322 e. The van der Waals surface area contributed by atoms with Gasteiger partial charge in [-0.1, -0.05) is 6.07 Å². The highest BCUT2D eigenvalue weighted by atomic mass is 19.2. The van der Waals surface area contributed by atoms with Gasteiger partial charge in [0.2, 0.25) is 0 Å². The molecule has 1 atom stereocenters. The molecule has 0 radical (unpaired) electrons. The number of carbonyl (C=O) groups is 1. The second-order valence-corrected chi connectivity index (χ2v) is 5.38. The molecule has 0 aliphatic carbocycles. The highest BCUT2D eigenvalue weighted by Crippen LogP contribution is 2.21. The minimum absolute atomic E-state index is 0.376. The number of nitrogens with zero attached hydrogens (tertiary/aromatic N) is 3. The SMILES string of the molecule is COCCn1cc(NC(=O)N(C)C(C)c2ccc(F)c(F)c2)cn1. The maximum Gasteiger partial charge on any atom is 0.322 e. The second kappa shape index (κ2) is 7.87. The fraction of sp³-hybridized carbons (Fsp3) is 0.375. The fourth-order valence-electron chi connectivity index (χ4n) is 2.12. The van der Waals surface area contributed by atoms with Gasteiger partial charge >= 0.3 is 6.03 Å². The maximum atomic E-state index is 13.3. The third-order valence-corrected chi connectivity index (χ3v) is 3.74. The molecule has 8 heteroatoms. The van der Waals surface area contributed by atoms with Crippen molar-refractivity contribution in [3.05, 3.63) is 47.8 Å². The van der Waals surface area contributed by atoms with Gasteiger partial charge in [-0.2, -0.15) is 5.10 Å². The number of hydrogen-bond acceptors (Lipinski definition) is 3. The minimum Gasteiger partial charge on any atom is -0.383 e. The van der Waals surface area contributed by atoms with Gasteiger partial charge in [0.05, 0.1) is 31.1 Å². The number of carbonyl (C=O) groups excluding carboxylic acids is 1. The first-order chi connectivity index (χ1) is 11.4. The topological polar surface area (TPSA) is 59.4 Å². The molecule has 0 bridgehead atoms. The number of nitrogens with one attached hydrogen (secondary N) is 1. The van der Waals surface area contributed by atoms with Crippen LogP contribution < -0.4 is 5.32 Å². The van der Waals surface area contributed by atoms with Crippen LogP contribution in [0.1, 0.15) is 18.5 Å². The Bertz CT molecular complexity index is 705. The molecule has 2 rings (SSSR count). The van der Waals surface area contributed by atoms with Crippen molar-refractivity contribution in [2.24, 2.45) is 0 Å². The molecule has 6 nitrogen and oxygen atoms in total. The molecular weight excluding hydrogens is 318 g/mol. The summed E-state index contributed by atoms with van der Waals surface area (Å²) in [6.07, 6.45) is 3.22. The monoisotopic (exact) mass is 338 g/mol. The zero-order valence-corrected chi connectivity index (χ0v) is 13.8. The highest BCUT2D eigenvalue weighted by Gasteiger charge is 2.19. The third-order valence-electron chi connectivity index (χ3n) is 3.74. The van der Waals surface area contributed by atoms with E-state index >= 15 is 0 Å². The van der Waals surface area contributed by atoms with Crippen LogP contribution in [-0.4, -0.2) is 41.5 Å². The van der Waals surface area contributed by atoms with Gasteiger partial charge < -0.3 is 15.0 Å². The molecule has 130 valence electrons. The summed E-state index contributed by atoms with van der Waals surface area (Å²) in [5.41, 5.74) is 1.04. The lowest BCUT2D eigenvalue weighted by Gasteiger charge is -2.25. The Hall–Kier alpha value is -2.48. The van der Waals surface area contributed by atoms with E-state index in [-0.39, 0.29) is 6.03 Å². The van der Waals surface area contributed by atoms with Crippen molar-refractivity contribution < 1.29 is 18.3 Å². The van der Waals surface area contributed by atoms with E-state index in [4.69, 9.17) is 4.74 Å². The summed E-state index contributed by atoms with van der Waals surface area (Å²) in [6.45, 7) is 2.82. The Balaban J connectivity index is 2.00. The summed E-state index contributed by atoms with van der Waals surface area (Å²) in [4.78, 5) is 13.7. The van der Waals surface area contributed by atoms with Crippen molar-refractivity contribution in [3.63, 3.8) is 0 Å². The standard InChI is InChI=1S/C16H20F2N4O2/c1-11(12-4-5-14(17)15(18)8-12)21(2)16(23)20-13-9-19-22(10-13)6-7-24-3/h4-5,8-11H,6-7H2,1-3H3,(H,20,23). The summed E-state index contributed by atoms with van der Waals surface area (Å²) in [6, 6.07) is 2.79. The van der Waals surface area contributed by atoms with E-state index in [0.29, 0.717) is 24.4 Å². The van der Waals surface area contributed by atoms with E-state index in [1.165, 1.54) is 17.2 Å². The molecule has 1 aromatic heterocycles. The number of aromatic nitrogens is 2. The zero-order chi connectivity index (χ0) is 17.7. The molecule has 2 aromatic rings. The molecule has 1 unspecified atom stereocenters. The van der Waals surface area contributed by atoms with Crippen molar-refractivity contribution in [3.8, 4) is 0 Å². The van der Waals surface area contributed by atoms with E-state index in [9.17, 15) is 13.6 Å². The lowest BCUT2D eigenvalue weighted by atomic mass is 10.1. The van der Waals surface area contributed by atoms with Crippen LogP contribution in [0.4, 0.5) is 19.3 Å². The molecule has 2 amide bonds. The number of urea groups is 1. The number of anilines is 1. The van der Waals surface area contributed by atoms with E-state index in [1.807, 2.05) is 0 Å². The number of hydrogen-bond donors (Lipinski definition) is 1. The second-order valence-electron chi connectivity index (χ2n) is 5.38. The molecule has 0 fully saturated rings. The van der Waals surface area contributed by atoms with Crippen LogP contribution >= 0.6 is 0 Å². The summed E-state index contributed by atoms with van der Waals surface area (Å²) in [5.74, 6) is -1.85. The Kier molecular flexibility index (Phi) is 5.86. The number of benzene rings is 1. The number of amides is 2. The first kappa shape index (κ1) is 17.9. The van der Waals surface area contributed by atoms with Crippen molar-refractivity contribution >= 4 is 11.7 Å². The van der Waals surface area contributed by atoms with E-state index in [1.54, 1.807) is 32.0 Å². The molecule has 0 spiro atoms. The average Bonchev–Trinajstić information content (AvgIpc) is 3.01. The van der Waals surface area contributed by atoms with Crippen LogP contribution in [0, 0.1) is 11.6 Å². The number of halogens is 2. The Morgan fingerprint density at radius 1 is 1.42 bits per heavy atom. The van der Waals surface area contributed by atoms with Gasteiger partial charge in [0, 0.05) is 20.4 Å². The van der Waals surface area contributed by atoms with E-state index in [0.717, 1.165) is 12.1 Å². The first-order valence-corrected chi connectivity index (χ1v) is 7.42. The van der Waals surface area contributed by atoms with Gasteiger partial charge in [-0.3, -0.25) is 4.68 Å². The summed E-state index contributed by atoms with van der Waals surface area (Å²) < 4.78 is 33.0. The highest BCUT2D eigenvalue weighted by molar-refractivity contribution is 5.89. The van der Waals surface area contributed by atoms with Crippen LogP contribution in [-0.2, 0) is 11.3 Å². The summed E-state index contributed by atoms with van der Waals surface area (Å²) in [5, 5.41) is 6.81.